The van der Waals surface area contributed by atoms with Crippen LogP contribution in [0.1, 0.15) is 31.0 Å². The molecule has 0 radical (unpaired) electrons. The van der Waals surface area contributed by atoms with E-state index in [9.17, 15) is 9.59 Å². The number of hydrogen-bond donors (Lipinski definition) is 2. The van der Waals surface area contributed by atoms with Crippen molar-refractivity contribution in [2.24, 2.45) is 0 Å². The van der Waals surface area contributed by atoms with Crippen LogP contribution in [0.4, 0.5) is 21.1 Å². The third-order valence-corrected chi connectivity index (χ3v) is 6.43. The van der Waals surface area contributed by atoms with Crippen LogP contribution >= 0.6 is 0 Å². The van der Waals surface area contributed by atoms with E-state index in [0.717, 1.165) is 42.0 Å². The maximum absolute atomic E-state index is 12.2. The third-order valence-electron chi connectivity index (χ3n) is 6.43. The van der Waals surface area contributed by atoms with E-state index < -0.39 is 0 Å². The van der Waals surface area contributed by atoms with Crippen molar-refractivity contribution in [1.29, 1.82) is 0 Å². The lowest BCUT2D eigenvalue weighted by Gasteiger charge is -2.37. The molecule has 1 atom stereocenters. The highest BCUT2D eigenvalue weighted by Crippen LogP contribution is 2.32. The molecular formula is C24H30N6O4. The number of amides is 3. The molecule has 1 unspecified atom stereocenters. The van der Waals surface area contributed by atoms with Crippen molar-refractivity contribution in [3.63, 3.8) is 0 Å². The first kappa shape index (κ1) is 22.4. The minimum absolute atomic E-state index is 0.188. The van der Waals surface area contributed by atoms with Crippen LogP contribution in [-0.2, 0) is 22.4 Å². The Kier molecular flexibility index (Phi) is 6.23. The van der Waals surface area contributed by atoms with Gasteiger partial charge in [-0.15, -0.1) is 0 Å². The van der Waals surface area contributed by atoms with E-state index in [2.05, 4.69) is 22.5 Å². The monoisotopic (exact) mass is 466 g/mol. The molecule has 2 aromatic rings. The molecule has 180 valence electrons. The first-order valence-corrected chi connectivity index (χ1v) is 11.8. The topological polar surface area (TPSA) is 109 Å². The van der Waals surface area contributed by atoms with Crippen molar-refractivity contribution in [3.8, 4) is 11.4 Å². The average molecular weight is 467 g/mol. The van der Waals surface area contributed by atoms with Crippen molar-refractivity contribution in [3.05, 3.63) is 35.5 Å². The van der Waals surface area contributed by atoms with Crippen molar-refractivity contribution in [2.75, 3.05) is 43.6 Å². The number of aromatic nitrogens is 2. The molecule has 2 fully saturated rings. The summed E-state index contributed by atoms with van der Waals surface area (Å²) in [6, 6.07) is 7.81. The van der Waals surface area contributed by atoms with Gasteiger partial charge in [0.15, 0.2) is 5.82 Å². The largest absolute Gasteiger partial charge is 0.453 e. The smallest absolute Gasteiger partial charge is 0.409 e. The predicted octanol–water partition coefficient (Wildman–Crippen LogP) is 2.78. The number of benzene rings is 1. The van der Waals surface area contributed by atoms with E-state index in [1.807, 2.05) is 24.3 Å². The predicted molar refractivity (Wildman–Crippen MR) is 127 cm³/mol. The van der Waals surface area contributed by atoms with Crippen molar-refractivity contribution in [2.45, 2.75) is 44.8 Å². The lowest BCUT2D eigenvalue weighted by molar-refractivity contribution is 0.0982. The van der Waals surface area contributed by atoms with E-state index in [0.29, 0.717) is 50.3 Å². The van der Waals surface area contributed by atoms with Crippen LogP contribution in [0.15, 0.2) is 24.3 Å². The maximum atomic E-state index is 12.2. The number of fused-ring (bicyclic) bond motifs is 1. The second-order valence-electron chi connectivity index (χ2n) is 9.01. The molecule has 1 saturated heterocycles. The fourth-order valence-electron chi connectivity index (χ4n) is 4.39. The van der Waals surface area contributed by atoms with Gasteiger partial charge in [-0.1, -0.05) is 0 Å². The number of carbonyl (C=O) groups is 2. The Bertz CT molecular complexity index is 1070. The van der Waals surface area contributed by atoms with Gasteiger partial charge in [-0.05, 0) is 50.5 Å². The molecule has 3 amide bonds. The Hall–Kier alpha value is -3.40. The summed E-state index contributed by atoms with van der Waals surface area (Å²) < 4.78 is 10.6. The van der Waals surface area contributed by atoms with Crippen LogP contribution in [0.2, 0.25) is 0 Å². The first-order valence-electron chi connectivity index (χ1n) is 11.8. The molecule has 0 bridgehead atoms. The van der Waals surface area contributed by atoms with Gasteiger partial charge in [-0.2, -0.15) is 0 Å². The SMILES string of the molecule is COC(=O)N1CCc2c(nc(-c3ccc(NC(=O)NC4CC4)cc3)nc2N2CCOCC2C)C1. The van der Waals surface area contributed by atoms with Gasteiger partial charge >= 0.3 is 12.1 Å². The molecule has 1 aliphatic carbocycles. The van der Waals surface area contributed by atoms with Crippen LogP contribution in [-0.4, -0.2) is 72.5 Å². The average Bonchev–Trinajstić information content (AvgIpc) is 3.67. The van der Waals surface area contributed by atoms with Gasteiger partial charge in [0.1, 0.15) is 5.82 Å². The van der Waals surface area contributed by atoms with Crippen LogP contribution in [0, 0.1) is 0 Å². The van der Waals surface area contributed by atoms with E-state index in [1.165, 1.54) is 7.11 Å². The van der Waals surface area contributed by atoms with Gasteiger partial charge in [0, 0.05) is 35.9 Å². The number of hydrogen-bond acceptors (Lipinski definition) is 7. The molecule has 0 spiro atoms. The number of urea groups is 1. The zero-order valence-corrected chi connectivity index (χ0v) is 19.5. The van der Waals surface area contributed by atoms with E-state index in [4.69, 9.17) is 19.4 Å². The molecule has 2 aliphatic heterocycles. The molecular weight excluding hydrogens is 436 g/mol. The van der Waals surface area contributed by atoms with E-state index >= 15 is 0 Å². The highest BCUT2D eigenvalue weighted by atomic mass is 16.5. The Morgan fingerprint density at radius 3 is 2.65 bits per heavy atom. The van der Waals surface area contributed by atoms with Crippen LogP contribution in [0.5, 0.6) is 0 Å². The van der Waals surface area contributed by atoms with Gasteiger partial charge in [0.05, 0.1) is 38.6 Å². The van der Waals surface area contributed by atoms with Crippen LogP contribution in [0.3, 0.4) is 0 Å². The Morgan fingerprint density at radius 2 is 1.94 bits per heavy atom. The Morgan fingerprint density at radius 1 is 1.15 bits per heavy atom. The fraction of sp³-hybridized carbons (Fsp3) is 0.500. The van der Waals surface area contributed by atoms with Gasteiger partial charge in [0.25, 0.3) is 0 Å². The number of nitrogens with zero attached hydrogens (tertiary/aromatic N) is 4. The summed E-state index contributed by atoms with van der Waals surface area (Å²) in [6.45, 7) is 5.12. The number of morpholine rings is 1. The molecule has 1 saturated carbocycles. The molecule has 1 aromatic heterocycles. The molecule has 5 rings (SSSR count). The summed E-state index contributed by atoms with van der Waals surface area (Å²) >= 11 is 0. The molecule has 3 aliphatic rings. The van der Waals surface area contributed by atoms with E-state index in [1.54, 1.807) is 4.90 Å². The quantitative estimate of drug-likeness (QED) is 0.713. The van der Waals surface area contributed by atoms with Gasteiger partial charge < -0.3 is 29.9 Å². The molecule has 1 aromatic carbocycles. The molecule has 3 heterocycles. The minimum Gasteiger partial charge on any atom is -0.453 e. The number of methoxy groups -OCH3 is 1. The van der Waals surface area contributed by atoms with Crippen molar-refractivity contribution < 1.29 is 19.1 Å². The van der Waals surface area contributed by atoms with Gasteiger partial charge in [-0.3, -0.25) is 0 Å². The molecule has 10 nitrogen and oxygen atoms in total. The molecule has 2 N–H and O–H groups in total. The first-order chi connectivity index (χ1) is 16.5. The van der Waals surface area contributed by atoms with Gasteiger partial charge in [0.2, 0.25) is 0 Å². The summed E-state index contributed by atoms with van der Waals surface area (Å²) in [4.78, 5) is 38.0. The summed E-state index contributed by atoms with van der Waals surface area (Å²) in [5.41, 5.74) is 3.46. The highest BCUT2D eigenvalue weighted by Gasteiger charge is 2.30. The van der Waals surface area contributed by atoms with Crippen LogP contribution in [0.25, 0.3) is 11.4 Å². The van der Waals surface area contributed by atoms with Crippen molar-refractivity contribution >= 4 is 23.6 Å². The number of rotatable bonds is 4. The Balaban J connectivity index is 1.45. The zero-order chi connectivity index (χ0) is 23.7. The number of anilines is 2. The summed E-state index contributed by atoms with van der Waals surface area (Å²) in [5, 5.41) is 5.78. The minimum atomic E-state index is -0.355. The maximum Gasteiger partial charge on any atom is 0.409 e. The number of nitrogens with one attached hydrogen (secondary N) is 2. The molecule has 34 heavy (non-hydrogen) atoms. The third kappa shape index (κ3) is 4.77. The second kappa shape index (κ2) is 9.46. The number of carbonyl (C=O) groups excluding carboxylic acids is 2. The second-order valence-corrected chi connectivity index (χ2v) is 9.01. The normalized spacial score (nSPS) is 19.9. The summed E-state index contributed by atoms with van der Waals surface area (Å²) in [7, 11) is 1.39. The lowest BCUT2D eigenvalue weighted by Crippen LogP contribution is -2.45. The summed E-state index contributed by atoms with van der Waals surface area (Å²) in [5.74, 6) is 1.50. The highest BCUT2D eigenvalue weighted by molar-refractivity contribution is 5.89. The Labute approximate surface area is 198 Å². The van der Waals surface area contributed by atoms with Crippen molar-refractivity contribution in [1.82, 2.24) is 20.2 Å². The lowest BCUT2D eigenvalue weighted by atomic mass is 10.0. The van der Waals surface area contributed by atoms with Gasteiger partial charge in [-0.25, -0.2) is 19.6 Å². The van der Waals surface area contributed by atoms with E-state index in [-0.39, 0.29) is 18.2 Å². The molecule has 10 heteroatoms. The fourth-order valence-corrected chi connectivity index (χ4v) is 4.39. The zero-order valence-electron chi connectivity index (χ0n) is 19.5. The number of ether oxygens (including phenoxy) is 2. The standard InChI is InChI=1S/C24H30N6O4/c1-15-14-34-12-11-30(15)22-19-9-10-29(24(32)33-2)13-20(19)27-21(28-22)16-3-5-17(6-4-16)25-23(31)26-18-7-8-18/h3-6,15,18H,7-14H2,1-2H3,(H2,25,26,31). The van der Waals surface area contributed by atoms with Crippen LogP contribution < -0.4 is 15.5 Å². The summed E-state index contributed by atoms with van der Waals surface area (Å²) in [6.07, 6.45) is 2.40.